The number of piperidine rings is 1. The van der Waals surface area contributed by atoms with Crippen molar-refractivity contribution in [1.29, 1.82) is 0 Å². The molecule has 118 valence electrons. The van der Waals surface area contributed by atoms with E-state index in [-0.39, 0.29) is 23.2 Å². The van der Waals surface area contributed by atoms with Crippen LogP contribution >= 0.6 is 11.6 Å². The summed E-state index contributed by atoms with van der Waals surface area (Å²) in [6.45, 7) is 1.42. The fourth-order valence-electron chi connectivity index (χ4n) is 2.51. The molecule has 1 saturated heterocycles. The number of hydrogen-bond donors (Lipinski definition) is 2. The monoisotopic (exact) mass is 335 g/mol. The van der Waals surface area contributed by atoms with E-state index in [9.17, 15) is 12.8 Å². The number of halogens is 2. The van der Waals surface area contributed by atoms with Gasteiger partial charge in [0.1, 0.15) is 10.7 Å². The lowest BCUT2D eigenvalue weighted by Crippen LogP contribution is -2.46. The van der Waals surface area contributed by atoms with Crippen LogP contribution in [0.2, 0.25) is 5.02 Å². The van der Waals surface area contributed by atoms with Crippen molar-refractivity contribution in [2.24, 2.45) is 5.73 Å². The normalized spacial score (nSPS) is 20.7. The lowest BCUT2D eigenvalue weighted by Gasteiger charge is -2.30. The molecular formula is C13H19ClFN3O2S. The van der Waals surface area contributed by atoms with Crippen LogP contribution < -0.4 is 10.5 Å². The first-order valence-electron chi connectivity index (χ1n) is 6.72. The van der Waals surface area contributed by atoms with Gasteiger partial charge in [0.25, 0.3) is 0 Å². The maximum atomic E-state index is 14.2. The number of likely N-dealkylation sites (N-methyl/N-ethyl adjacent to an activating group) is 1. The van der Waals surface area contributed by atoms with E-state index in [1.807, 2.05) is 11.9 Å². The van der Waals surface area contributed by atoms with Gasteiger partial charge in [0, 0.05) is 29.7 Å². The summed E-state index contributed by atoms with van der Waals surface area (Å²) in [5.74, 6) is -0.835. The van der Waals surface area contributed by atoms with Gasteiger partial charge in [0.05, 0.1) is 0 Å². The molecule has 5 nitrogen and oxygen atoms in total. The third-order valence-corrected chi connectivity index (χ3v) is 5.27. The average Bonchev–Trinajstić information content (AvgIpc) is 2.40. The van der Waals surface area contributed by atoms with Crippen molar-refractivity contribution in [3.05, 3.63) is 28.5 Å². The highest BCUT2D eigenvalue weighted by Gasteiger charge is 2.27. The standard InChI is InChI=1S/C13H19ClFN3O2S/c1-18-4-2-3-11(8-18)17-21(19,20)12-6-10(14)5-9(7-16)13(12)15/h5-6,11,17H,2-4,7-8,16H2,1H3. The fraction of sp³-hybridized carbons (Fsp3) is 0.538. The Labute approximate surface area is 129 Å². The van der Waals surface area contributed by atoms with Crippen molar-refractivity contribution in [1.82, 2.24) is 9.62 Å². The van der Waals surface area contributed by atoms with E-state index < -0.39 is 20.7 Å². The third-order valence-electron chi connectivity index (χ3n) is 3.54. The maximum absolute atomic E-state index is 14.2. The molecular weight excluding hydrogens is 317 g/mol. The molecule has 0 saturated carbocycles. The summed E-state index contributed by atoms with van der Waals surface area (Å²) in [5.41, 5.74) is 5.50. The second kappa shape index (κ2) is 6.58. The van der Waals surface area contributed by atoms with E-state index in [4.69, 9.17) is 17.3 Å². The lowest BCUT2D eigenvalue weighted by atomic mass is 10.1. The molecule has 0 amide bonds. The summed E-state index contributed by atoms with van der Waals surface area (Å²) in [7, 11) is -2.04. The quantitative estimate of drug-likeness (QED) is 0.870. The van der Waals surface area contributed by atoms with E-state index >= 15 is 0 Å². The van der Waals surface area contributed by atoms with Gasteiger partial charge < -0.3 is 10.6 Å². The van der Waals surface area contributed by atoms with E-state index in [0.717, 1.165) is 25.5 Å². The number of rotatable bonds is 4. The van der Waals surface area contributed by atoms with Crippen LogP contribution in [0.3, 0.4) is 0 Å². The van der Waals surface area contributed by atoms with Crippen LogP contribution in [0.1, 0.15) is 18.4 Å². The number of nitrogens with one attached hydrogen (secondary N) is 1. The number of likely N-dealkylation sites (tertiary alicyclic amines) is 1. The molecule has 1 unspecified atom stereocenters. The van der Waals surface area contributed by atoms with Crippen LogP contribution in [0.25, 0.3) is 0 Å². The van der Waals surface area contributed by atoms with Crippen LogP contribution in [0.15, 0.2) is 17.0 Å². The molecule has 1 heterocycles. The largest absolute Gasteiger partial charge is 0.326 e. The Morgan fingerprint density at radius 2 is 2.24 bits per heavy atom. The highest BCUT2D eigenvalue weighted by Crippen LogP contribution is 2.24. The molecule has 1 fully saturated rings. The molecule has 0 spiro atoms. The molecule has 2 rings (SSSR count). The topological polar surface area (TPSA) is 75.4 Å². The molecule has 1 aliphatic rings. The third kappa shape index (κ3) is 3.92. The molecule has 0 radical (unpaired) electrons. The molecule has 0 bridgehead atoms. The van der Waals surface area contributed by atoms with E-state index in [1.165, 1.54) is 6.07 Å². The Morgan fingerprint density at radius 3 is 2.86 bits per heavy atom. The zero-order chi connectivity index (χ0) is 15.6. The molecule has 1 aromatic rings. The smallest absolute Gasteiger partial charge is 0.243 e. The van der Waals surface area contributed by atoms with Gasteiger partial charge in [0.2, 0.25) is 10.0 Å². The van der Waals surface area contributed by atoms with Gasteiger partial charge in [-0.15, -0.1) is 0 Å². The first-order chi connectivity index (χ1) is 9.83. The van der Waals surface area contributed by atoms with Gasteiger partial charge in [-0.05, 0) is 38.6 Å². The molecule has 0 aliphatic carbocycles. The molecule has 21 heavy (non-hydrogen) atoms. The number of nitrogens with two attached hydrogens (primary N) is 1. The summed E-state index contributed by atoms with van der Waals surface area (Å²) in [5, 5.41) is 0.151. The Bertz CT molecular complexity index is 624. The second-order valence-corrected chi connectivity index (χ2v) is 7.42. The zero-order valence-electron chi connectivity index (χ0n) is 11.8. The molecule has 3 N–H and O–H groups in total. The Kier molecular flexibility index (Phi) is 5.21. The Hall–Kier alpha value is -0.730. The van der Waals surface area contributed by atoms with Crippen molar-refractivity contribution >= 4 is 21.6 Å². The maximum Gasteiger partial charge on any atom is 0.243 e. The summed E-state index contributed by atoms with van der Waals surface area (Å²) >= 11 is 5.85. The van der Waals surface area contributed by atoms with Crippen molar-refractivity contribution in [2.45, 2.75) is 30.3 Å². The van der Waals surface area contributed by atoms with E-state index in [1.54, 1.807) is 0 Å². The van der Waals surface area contributed by atoms with Gasteiger partial charge >= 0.3 is 0 Å². The van der Waals surface area contributed by atoms with Crippen LogP contribution in [0, 0.1) is 5.82 Å². The van der Waals surface area contributed by atoms with Crippen molar-refractivity contribution in [2.75, 3.05) is 20.1 Å². The molecule has 1 aromatic carbocycles. The Balaban J connectivity index is 2.29. The summed E-state index contributed by atoms with van der Waals surface area (Å²) < 4.78 is 41.5. The van der Waals surface area contributed by atoms with Crippen LogP contribution in [0.5, 0.6) is 0 Å². The highest BCUT2D eigenvalue weighted by molar-refractivity contribution is 7.89. The van der Waals surface area contributed by atoms with Crippen LogP contribution in [-0.2, 0) is 16.6 Å². The molecule has 8 heteroatoms. The van der Waals surface area contributed by atoms with Crippen molar-refractivity contribution in [3.63, 3.8) is 0 Å². The number of nitrogens with zero attached hydrogens (tertiary/aromatic N) is 1. The summed E-state index contributed by atoms with van der Waals surface area (Å²) in [6.07, 6.45) is 1.63. The minimum absolute atomic E-state index is 0.0867. The van der Waals surface area contributed by atoms with Crippen molar-refractivity contribution < 1.29 is 12.8 Å². The first-order valence-corrected chi connectivity index (χ1v) is 8.58. The number of hydrogen-bond acceptors (Lipinski definition) is 4. The summed E-state index contributed by atoms with van der Waals surface area (Å²) in [6, 6.07) is 2.23. The minimum atomic E-state index is -3.96. The highest BCUT2D eigenvalue weighted by atomic mass is 35.5. The van der Waals surface area contributed by atoms with Gasteiger partial charge in [-0.3, -0.25) is 0 Å². The van der Waals surface area contributed by atoms with Crippen LogP contribution in [-0.4, -0.2) is 39.5 Å². The molecule has 1 atom stereocenters. The van der Waals surface area contributed by atoms with Gasteiger partial charge in [-0.1, -0.05) is 11.6 Å². The predicted octanol–water partition coefficient (Wildman–Crippen LogP) is 1.31. The fourth-order valence-corrected chi connectivity index (χ4v) is 4.22. The summed E-state index contributed by atoms with van der Waals surface area (Å²) in [4.78, 5) is 1.60. The van der Waals surface area contributed by atoms with Gasteiger partial charge in [-0.2, -0.15) is 0 Å². The second-order valence-electron chi connectivity index (χ2n) is 5.30. The van der Waals surface area contributed by atoms with Crippen LogP contribution in [0.4, 0.5) is 4.39 Å². The lowest BCUT2D eigenvalue weighted by molar-refractivity contribution is 0.242. The van der Waals surface area contributed by atoms with E-state index in [2.05, 4.69) is 4.72 Å². The zero-order valence-corrected chi connectivity index (χ0v) is 13.3. The van der Waals surface area contributed by atoms with Gasteiger partial charge in [-0.25, -0.2) is 17.5 Å². The minimum Gasteiger partial charge on any atom is -0.326 e. The van der Waals surface area contributed by atoms with E-state index in [0.29, 0.717) is 6.54 Å². The Morgan fingerprint density at radius 1 is 1.52 bits per heavy atom. The first kappa shape index (κ1) is 16.6. The van der Waals surface area contributed by atoms with Crippen molar-refractivity contribution in [3.8, 4) is 0 Å². The predicted molar refractivity (Wildman–Crippen MR) is 80.1 cm³/mol. The molecule has 1 aliphatic heterocycles. The SMILES string of the molecule is CN1CCCC(NS(=O)(=O)c2cc(Cl)cc(CN)c2F)C1. The average molecular weight is 336 g/mol. The number of benzene rings is 1. The van der Waals surface area contributed by atoms with Gasteiger partial charge in [0.15, 0.2) is 0 Å². The molecule has 0 aromatic heterocycles. The number of sulfonamides is 1.